The van der Waals surface area contributed by atoms with Crippen molar-refractivity contribution >= 4 is 17.3 Å². The zero-order chi connectivity index (χ0) is 25.4. The van der Waals surface area contributed by atoms with Crippen LogP contribution < -0.4 is 16.6 Å². The van der Waals surface area contributed by atoms with E-state index in [1.54, 1.807) is 0 Å². The molecule has 5 rings (SSSR count). The highest BCUT2D eigenvalue weighted by Crippen LogP contribution is 2.44. The first-order valence-corrected chi connectivity index (χ1v) is 11.5. The number of carbonyl (C=O) groups is 1. The SMILES string of the molecule is Cn1c(=O)[nH]c(=O)c2[nH]c(C(O)C(O)CCNC(=O)OCC3c4ccccc4-c4ccccc43)nc21. The Labute approximate surface area is 204 Å². The van der Waals surface area contributed by atoms with Gasteiger partial charge in [-0.25, -0.2) is 14.6 Å². The summed E-state index contributed by atoms with van der Waals surface area (Å²) in [7, 11) is 1.42. The number of aliphatic hydroxyl groups is 2. The van der Waals surface area contributed by atoms with Crippen LogP contribution >= 0.6 is 0 Å². The predicted octanol–water partition coefficient (Wildman–Crippen LogP) is 1.27. The average molecular weight is 492 g/mol. The molecule has 1 aliphatic carbocycles. The fourth-order valence-electron chi connectivity index (χ4n) is 4.57. The summed E-state index contributed by atoms with van der Waals surface area (Å²) in [5.74, 6) is -0.131. The number of alkyl carbamates (subject to hydrolysis) is 1. The first-order valence-electron chi connectivity index (χ1n) is 11.5. The van der Waals surface area contributed by atoms with Crippen molar-refractivity contribution in [1.29, 1.82) is 0 Å². The van der Waals surface area contributed by atoms with E-state index in [4.69, 9.17) is 4.74 Å². The van der Waals surface area contributed by atoms with E-state index < -0.39 is 29.6 Å². The quantitative estimate of drug-likeness (QED) is 0.260. The van der Waals surface area contributed by atoms with E-state index >= 15 is 0 Å². The van der Waals surface area contributed by atoms with Crippen LogP contribution in [0, 0.1) is 0 Å². The molecule has 0 fully saturated rings. The summed E-state index contributed by atoms with van der Waals surface area (Å²) in [5.41, 5.74) is 3.22. The van der Waals surface area contributed by atoms with Crippen LogP contribution in [0.25, 0.3) is 22.3 Å². The Morgan fingerprint density at radius 1 is 1.08 bits per heavy atom. The second kappa shape index (κ2) is 9.44. The number of benzene rings is 2. The molecule has 4 aromatic rings. The lowest BCUT2D eigenvalue weighted by Gasteiger charge is -2.17. The average Bonchev–Trinajstić information content (AvgIpc) is 3.46. The van der Waals surface area contributed by atoms with Gasteiger partial charge < -0.3 is 25.3 Å². The molecule has 0 saturated carbocycles. The second-order valence-electron chi connectivity index (χ2n) is 8.69. The molecule has 36 heavy (non-hydrogen) atoms. The molecule has 0 aliphatic heterocycles. The van der Waals surface area contributed by atoms with Crippen LogP contribution in [0.2, 0.25) is 0 Å². The zero-order valence-electron chi connectivity index (χ0n) is 19.4. The van der Waals surface area contributed by atoms with Crippen molar-refractivity contribution in [2.45, 2.75) is 24.5 Å². The van der Waals surface area contributed by atoms with E-state index in [0.717, 1.165) is 26.8 Å². The highest BCUT2D eigenvalue weighted by atomic mass is 16.5. The number of nitrogens with zero attached hydrogens (tertiary/aromatic N) is 2. The third kappa shape index (κ3) is 4.18. The minimum atomic E-state index is -1.46. The van der Waals surface area contributed by atoms with Gasteiger partial charge in [0.25, 0.3) is 5.56 Å². The minimum Gasteiger partial charge on any atom is -0.449 e. The van der Waals surface area contributed by atoms with Crippen LogP contribution in [-0.4, -0.2) is 55.1 Å². The van der Waals surface area contributed by atoms with Crippen molar-refractivity contribution < 1.29 is 19.7 Å². The van der Waals surface area contributed by atoms with Crippen molar-refractivity contribution in [2.75, 3.05) is 13.2 Å². The van der Waals surface area contributed by atoms with Crippen LogP contribution in [0.3, 0.4) is 0 Å². The monoisotopic (exact) mass is 491 g/mol. The molecule has 0 spiro atoms. The molecule has 11 heteroatoms. The second-order valence-corrected chi connectivity index (χ2v) is 8.69. The molecule has 5 N–H and O–H groups in total. The lowest BCUT2D eigenvalue weighted by atomic mass is 9.98. The van der Waals surface area contributed by atoms with Crippen LogP contribution in [0.1, 0.15) is 35.4 Å². The molecule has 2 aromatic carbocycles. The topological polar surface area (TPSA) is 162 Å². The van der Waals surface area contributed by atoms with Crippen LogP contribution in [0.4, 0.5) is 4.79 Å². The molecule has 0 radical (unpaired) electrons. The van der Waals surface area contributed by atoms with Gasteiger partial charge >= 0.3 is 11.8 Å². The fraction of sp³-hybridized carbons (Fsp3) is 0.280. The first-order chi connectivity index (χ1) is 17.3. The number of imidazole rings is 1. The van der Waals surface area contributed by atoms with Crippen molar-refractivity contribution in [2.24, 2.45) is 7.05 Å². The number of rotatable bonds is 7. The molecule has 2 unspecified atom stereocenters. The lowest BCUT2D eigenvalue weighted by molar-refractivity contribution is 0.00911. The minimum absolute atomic E-state index is 0.00229. The van der Waals surface area contributed by atoms with Crippen molar-refractivity contribution in [3.8, 4) is 11.1 Å². The van der Waals surface area contributed by atoms with Gasteiger partial charge in [-0.05, 0) is 28.7 Å². The molecular formula is C25H25N5O6. The summed E-state index contributed by atoms with van der Waals surface area (Å²) < 4.78 is 6.58. The van der Waals surface area contributed by atoms with Crippen LogP contribution in [0.5, 0.6) is 0 Å². The van der Waals surface area contributed by atoms with Gasteiger partial charge in [-0.1, -0.05) is 48.5 Å². The number of H-pyrrole nitrogens is 2. The third-order valence-corrected chi connectivity index (χ3v) is 6.47. The Bertz CT molecular complexity index is 1510. The number of ether oxygens (including phenoxy) is 1. The van der Waals surface area contributed by atoms with Crippen LogP contribution in [0.15, 0.2) is 58.1 Å². The van der Waals surface area contributed by atoms with Crippen molar-refractivity contribution in [3.05, 3.63) is 86.3 Å². The van der Waals surface area contributed by atoms with E-state index in [9.17, 15) is 24.6 Å². The Balaban J connectivity index is 1.16. The van der Waals surface area contributed by atoms with Gasteiger partial charge in [-0.2, -0.15) is 0 Å². The van der Waals surface area contributed by atoms with E-state index in [0.29, 0.717) is 0 Å². The highest BCUT2D eigenvalue weighted by molar-refractivity contribution is 5.79. The smallest absolute Gasteiger partial charge is 0.407 e. The lowest BCUT2D eigenvalue weighted by Crippen LogP contribution is -2.31. The molecule has 2 heterocycles. The Hall–Kier alpha value is -4.22. The highest BCUT2D eigenvalue weighted by Gasteiger charge is 2.29. The maximum Gasteiger partial charge on any atom is 0.407 e. The van der Waals surface area contributed by atoms with E-state index in [1.165, 1.54) is 7.05 Å². The normalized spacial score (nSPS) is 14.3. The number of aliphatic hydroxyl groups excluding tert-OH is 2. The molecule has 2 aromatic heterocycles. The van der Waals surface area contributed by atoms with E-state index in [1.807, 2.05) is 36.4 Å². The van der Waals surface area contributed by atoms with Gasteiger partial charge in [0.05, 0.1) is 6.10 Å². The summed E-state index contributed by atoms with van der Waals surface area (Å²) in [6.45, 7) is 0.200. The number of hydrogen-bond acceptors (Lipinski definition) is 7. The van der Waals surface area contributed by atoms with Gasteiger partial charge in [-0.3, -0.25) is 14.3 Å². The largest absolute Gasteiger partial charge is 0.449 e. The molecule has 0 saturated heterocycles. The van der Waals surface area contributed by atoms with Gasteiger partial charge in [0.15, 0.2) is 5.65 Å². The number of aromatic amines is 2. The maximum absolute atomic E-state index is 12.3. The summed E-state index contributed by atoms with van der Waals surface area (Å²) in [4.78, 5) is 44.8. The van der Waals surface area contributed by atoms with Gasteiger partial charge in [0.1, 0.15) is 24.1 Å². The number of carbonyl (C=O) groups excluding carboxylic acids is 1. The van der Waals surface area contributed by atoms with Crippen molar-refractivity contribution in [3.63, 3.8) is 0 Å². The number of fused-ring (bicyclic) bond motifs is 4. The molecule has 0 bridgehead atoms. The maximum atomic E-state index is 12.3. The number of nitrogens with one attached hydrogen (secondary N) is 3. The molecule has 2 atom stereocenters. The van der Waals surface area contributed by atoms with E-state index in [2.05, 4.69) is 32.4 Å². The Kier molecular flexibility index (Phi) is 6.17. The summed E-state index contributed by atoms with van der Waals surface area (Å²) in [6.07, 6.45) is -3.40. The zero-order valence-corrected chi connectivity index (χ0v) is 19.4. The molecule has 1 amide bonds. The molecule has 186 valence electrons. The van der Waals surface area contributed by atoms with E-state index in [-0.39, 0.29) is 42.5 Å². The van der Waals surface area contributed by atoms with Crippen LogP contribution in [-0.2, 0) is 11.8 Å². The summed E-state index contributed by atoms with van der Waals surface area (Å²) in [5, 5.41) is 23.4. The number of amides is 1. The standard InChI is InChI=1S/C25H25N5O6/c1-30-22-19(23(33)29-24(30)34)27-21(28-22)20(32)18(31)10-11-26-25(35)36-12-17-15-8-4-2-6-13(15)14-7-3-5-9-16(14)17/h2-9,17-18,20,31-32H,10-12H2,1H3,(H,26,35)(H,27,28)(H,29,33,34). The predicted molar refractivity (Wildman–Crippen MR) is 131 cm³/mol. The third-order valence-electron chi connectivity index (χ3n) is 6.47. The summed E-state index contributed by atoms with van der Waals surface area (Å²) in [6, 6.07) is 16.1. The van der Waals surface area contributed by atoms with Crippen molar-refractivity contribution in [1.82, 2.24) is 24.8 Å². The number of aryl methyl sites for hydroxylation is 1. The molecule has 1 aliphatic rings. The fourth-order valence-corrected chi connectivity index (χ4v) is 4.57. The number of hydrogen-bond donors (Lipinski definition) is 5. The van der Waals surface area contributed by atoms with Gasteiger partial charge in [0, 0.05) is 19.5 Å². The number of aromatic nitrogens is 4. The van der Waals surface area contributed by atoms with Gasteiger partial charge in [-0.15, -0.1) is 0 Å². The van der Waals surface area contributed by atoms with Gasteiger partial charge in [0.2, 0.25) is 0 Å². The Morgan fingerprint density at radius 2 is 1.72 bits per heavy atom. The first kappa shape index (κ1) is 23.5. The molecule has 11 nitrogen and oxygen atoms in total. The molecular weight excluding hydrogens is 466 g/mol. The Morgan fingerprint density at radius 3 is 2.39 bits per heavy atom. The summed E-state index contributed by atoms with van der Waals surface area (Å²) >= 11 is 0.